The Balaban J connectivity index is 2.16. The maximum absolute atomic E-state index is 12.5. The molecule has 110 valence electrons. The van der Waals surface area contributed by atoms with E-state index < -0.39 is 0 Å². The van der Waals surface area contributed by atoms with Crippen LogP contribution in [-0.2, 0) is 0 Å². The van der Waals surface area contributed by atoms with E-state index in [1.165, 1.54) is 0 Å². The normalized spacial score (nSPS) is 10.8. The third kappa shape index (κ3) is 2.34. The first-order valence-electron chi connectivity index (χ1n) is 7.60. The van der Waals surface area contributed by atoms with E-state index in [4.69, 9.17) is 0 Å². The van der Waals surface area contributed by atoms with Crippen molar-refractivity contribution in [1.29, 1.82) is 0 Å². The topological polar surface area (TPSA) is 32.9 Å². The number of pyridine rings is 1. The molecule has 0 radical (unpaired) electrons. The molecule has 1 heterocycles. The summed E-state index contributed by atoms with van der Waals surface area (Å²) in [7, 11) is 0. The zero-order valence-electron chi connectivity index (χ0n) is 12.5. The first-order chi connectivity index (χ1) is 11.3. The van der Waals surface area contributed by atoms with Crippen LogP contribution in [-0.4, -0.2) is 4.98 Å². The number of nitrogens with one attached hydrogen (secondary N) is 1. The molecule has 0 amide bonds. The molecular formula is C21H15NO. The van der Waals surface area contributed by atoms with Crippen LogP contribution < -0.4 is 5.56 Å². The highest BCUT2D eigenvalue weighted by Crippen LogP contribution is 2.34. The summed E-state index contributed by atoms with van der Waals surface area (Å²) in [6.07, 6.45) is 0. The van der Waals surface area contributed by atoms with Gasteiger partial charge in [-0.15, -0.1) is 0 Å². The SMILES string of the molecule is O=c1[nH]c(-c2ccccc2)c(-c2ccccc2)c2ccccc12. The minimum Gasteiger partial charge on any atom is -0.321 e. The number of rotatable bonds is 2. The van der Waals surface area contributed by atoms with Gasteiger partial charge in [0, 0.05) is 10.9 Å². The van der Waals surface area contributed by atoms with Gasteiger partial charge in [-0.2, -0.15) is 0 Å². The van der Waals surface area contributed by atoms with Gasteiger partial charge in [-0.3, -0.25) is 4.79 Å². The molecule has 1 N–H and O–H groups in total. The Morgan fingerprint density at radius 3 is 1.74 bits per heavy atom. The van der Waals surface area contributed by atoms with Gasteiger partial charge >= 0.3 is 0 Å². The molecule has 3 aromatic carbocycles. The molecule has 2 nitrogen and oxygen atoms in total. The number of benzene rings is 3. The molecule has 0 fully saturated rings. The lowest BCUT2D eigenvalue weighted by Gasteiger charge is -2.13. The number of aromatic nitrogens is 1. The summed E-state index contributed by atoms with van der Waals surface area (Å²) in [6, 6.07) is 27.9. The van der Waals surface area contributed by atoms with Crippen molar-refractivity contribution in [2.75, 3.05) is 0 Å². The average Bonchev–Trinajstić information content (AvgIpc) is 2.63. The van der Waals surface area contributed by atoms with Gasteiger partial charge in [0.15, 0.2) is 0 Å². The summed E-state index contributed by atoms with van der Waals surface area (Å²) >= 11 is 0. The Labute approximate surface area is 134 Å². The highest BCUT2D eigenvalue weighted by molar-refractivity contribution is 6.02. The number of H-pyrrole nitrogens is 1. The lowest BCUT2D eigenvalue weighted by atomic mass is 9.94. The van der Waals surface area contributed by atoms with Crippen LogP contribution in [0.2, 0.25) is 0 Å². The van der Waals surface area contributed by atoms with Crippen LogP contribution >= 0.6 is 0 Å². The second-order valence-electron chi connectivity index (χ2n) is 5.48. The Bertz CT molecular complexity index is 1020. The monoisotopic (exact) mass is 297 g/mol. The first-order valence-corrected chi connectivity index (χ1v) is 7.60. The zero-order valence-corrected chi connectivity index (χ0v) is 12.5. The molecule has 0 aliphatic rings. The van der Waals surface area contributed by atoms with Crippen LogP contribution in [0.15, 0.2) is 89.7 Å². The quantitative estimate of drug-likeness (QED) is 0.563. The van der Waals surface area contributed by atoms with E-state index in [0.717, 1.165) is 27.8 Å². The highest BCUT2D eigenvalue weighted by Gasteiger charge is 2.14. The number of fused-ring (bicyclic) bond motifs is 1. The van der Waals surface area contributed by atoms with E-state index in [1.807, 2.05) is 72.8 Å². The van der Waals surface area contributed by atoms with E-state index in [-0.39, 0.29) is 5.56 Å². The van der Waals surface area contributed by atoms with Crippen molar-refractivity contribution in [3.63, 3.8) is 0 Å². The van der Waals surface area contributed by atoms with Crippen molar-refractivity contribution < 1.29 is 0 Å². The summed E-state index contributed by atoms with van der Waals surface area (Å²) in [5.74, 6) is 0. The van der Waals surface area contributed by atoms with E-state index in [2.05, 4.69) is 17.1 Å². The van der Waals surface area contributed by atoms with E-state index in [9.17, 15) is 4.79 Å². The molecule has 0 atom stereocenters. The van der Waals surface area contributed by atoms with E-state index >= 15 is 0 Å². The first kappa shape index (κ1) is 13.5. The van der Waals surface area contributed by atoms with E-state index in [0.29, 0.717) is 5.39 Å². The van der Waals surface area contributed by atoms with Crippen molar-refractivity contribution >= 4 is 10.8 Å². The molecule has 0 saturated heterocycles. The van der Waals surface area contributed by atoms with Gasteiger partial charge in [-0.05, 0) is 22.6 Å². The van der Waals surface area contributed by atoms with E-state index in [1.54, 1.807) is 0 Å². The fraction of sp³-hybridized carbons (Fsp3) is 0. The van der Waals surface area contributed by atoms with Crippen LogP contribution in [0.3, 0.4) is 0 Å². The molecule has 0 unspecified atom stereocenters. The van der Waals surface area contributed by atoms with Crippen molar-refractivity contribution in [3.05, 3.63) is 95.3 Å². The molecule has 4 rings (SSSR count). The van der Waals surface area contributed by atoms with Gasteiger partial charge in [-0.25, -0.2) is 0 Å². The Morgan fingerprint density at radius 2 is 1.09 bits per heavy atom. The minimum atomic E-state index is -0.0564. The van der Waals surface area contributed by atoms with Crippen LogP contribution in [0.4, 0.5) is 0 Å². The highest BCUT2D eigenvalue weighted by atomic mass is 16.1. The minimum absolute atomic E-state index is 0.0564. The summed E-state index contributed by atoms with van der Waals surface area (Å²) in [5.41, 5.74) is 3.97. The molecule has 1 aromatic heterocycles. The van der Waals surface area contributed by atoms with Gasteiger partial charge in [0.25, 0.3) is 5.56 Å². The lowest BCUT2D eigenvalue weighted by molar-refractivity contribution is 1.28. The van der Waals surface area contributed by atoms with Crippen LogP contribution in [0, 0.1) is 0 Å². The molecular weight excluding hydrogens is 282 g/mol. The molecule has 0 bridgehead atoms. The number of hydrogen-bond donors (Lipinski definition) is 1. The molecule has 23 heavy (non-hydrogen) atoms. The molecule has 0 aliphatic heterocycles. The Hall–Kier alpha value is -3.13. The van der Waals surface area contributed by atoms with Crippen molar-refractivity contribution in [2.45, 2.75) is 0 Å². The average molecular weight is 297 g/mol. The third-order valence-corrected chi connectivity index (χ3v) is 4.05. The number of aromatic amines is 1. The smallest absolute Gasteiger partial charge is 0.256 e. The van der Waals surface area contributed by atoms with Gasteiger partial charge in [-0.1, -0.05) is 78.9 Å². The number of hydrogen-bond acceptors (Lipinski definition) is 1. The van der Waals surface area contributed by atoms with Crippen LogP contribution in [0.25, 0.3) is 33.2 Å². The summed E-state index contributed by atoms with van der Waals surface area (Å²) in [6.45, 7) is 0. The predicted octanol–water partition coefficient (Wildman–Crippen LogP) is 4.86. The second kappa shape index (κ2) is 5.58. The Kier molecular flexibility index (Phi) is 3.28. The molecule has 4 aromatic rings. The Morgan fingerprint density at radius 1 is 0.565 bits per heavy atom. The van der Waals surface area contributed by atoms with Gasteiger partial charge in [0.05, 0.1) is 5.69 Å². The fourth-order valence-corrected chi connectivity index (χ4v) is 3.00. The summed E-state index contributed by atoms with van der Waals surface area (Å²) in [4.78, 5) is 15.6. The zero-order chi connectivity index (χ0) is 15.6. The van der Waals surface area contributed by atoms with Gasteiger partial charge < -0.3 is 4.98 Å². The molecule has 0 aliphatic carbocycles. The molecule has 0 saturated carbocycles. The summed E-state index contributed by atoms with van der Waals surface area (Å²) in [5, 5.41) is 1.69. The van der Waals surface area contributed by atoms with Crippen molar-refractivity contribution in [1.82, 2.24) is 4.98 Å². The maximum atomic E-state index is 12.5. The van der Waals surface area contributed by atoms with Gasteiger partial charge in [0.2, 0.25) is 0 Å². The largest absolute Gasteiger partial charge is 0.321 e. The lowest BCUT2D eigenvalue weighted by Crippen LogP contribution is -2.09. The van der Waals surface area contributed by atoms with Crippen LogP contribution in [0.1, 0.15) is 0 Å². The van der Waals surface area contributed by atoms with Crippen molar-refractivity contribution in [3.8, 4) is 22.4 Å². The maximum Gasteiger partial charge on any atom is 0.256 e. The molecule has 0 spiro atoms. The van der Waals surface area contributed by atoms with Crippen LogP contribution in [0.5, 0.6) is 0 Å². The third-order valence-electron chi connectivity index (χ3n) is 4.05. The predicted molar refractivity (Wildman–Crippen MR) is 95.4 cm³/mol. The standard InChI is InChI=1S/C21H15NO/c23-21-18-14-8-7-13-17(18)19(15-9-3-1-4-10-15)20(22-21)16-11-5-2-6-12-16/h1-14H,(H,22,23). The second-order valence-corrected chi connectivity index (χ2v) is 5.48. The molecule has 2 heteroatoms. The van der Waals surface area contributed by atoms with Crippen molar-refractivity contribution in [2.24, 2.45) is 0 Å². The van der Waals surface area contributed by atoms with Gasteiger partial charge in [0.1, 0.15) is 0 Å². The summed E-state index contributed by atoms with van der Waals surface area (Å²) < 4.78 is 0. The fourth-order valence-electron chi connectivity index (χ4n) is 3.00.